The summed E-state index contributed by atoms with van der Waals surface area (Å²) in [5.74, 6) is 1.51. The van der Waals surface area contributed by atoms with Crippen LogP contribution in [0.4, 0.5) is 0 Å². The van der Waals surface area contributed by atoms with Crippen molar-refractivity contribution in [3.8, 4) is 5.75 Å². The average Bonchev–Trinajstić information content (AvgIpc) is 2.72. The number of aliphatic imine (C=N–C) groups is 1. The highest BCUT2D eigenvalue weighted by atomic mass is 32.2. The van der Waals surface area contributed by atoms with Gasteiger partial charge in [-0.2, -0.15) is 0 Å². The lowest BCUT2D eigenvalue weighted by Gasteiger charge is -2.18. The van der Waals surface area contributed by atoms with Crippen LogP contribution >= 0.6 is 0 Å². The molecule has 2 aromatic rings. The van der Waals surface area contributed by atoms with Crippen LogP contribution in [0.1, 0.15) is 25.0 Å². The summed E-state index contributed by atoms with van der Waals surface area (Å²) in [6, 6.07) is 14.7. The standard InChI is InChI=1S/C21H30N4O3S/c1-5-23-21(24-14-17(3)28-20-12-7-6-9-16(20)2)25-15-18-10-8-11-19(13-18)29(26,27)22-4/h6-13,17,22H,5,14-15H2,1-4H3,(H2,23,24,25). The van der Waals surface area contributed by atoms with Crippen LogP contribution in [0.3, 0.4) is 0 Å². The SMILES string of the molecule is CCNC(=NCc1cccc(S(=O)(=O)NC)c1)NCC(C)Oc1ccccc1C. The maximum absolute atomic E-state index is 12.0. The molecule has 2 rings (SSSR count). The number of para-hydroxylation sites is 1. The van der Waals surface area contributed by atoms with Crippen LogP contribution in [0.25, 0.3) is 0 Å². The third kappa shape index (κ3) is 7.07. The molecule has 29 heavy (non-hydrogen) atoms. The highest BCUT2D eigenvalue weighted by molar-refractivity contribution is 7.89. The number of aryl methyl sites for hydroxylation is 1. The van der Waals surface area contributed by atoms with Gasteiger partial charge in [0.1, 0.15) is 11.9 Å². The lowest BCUT2D eigenvalue weighted by Crippen LogP contribution is -2.41. The Morgan fingerprint density at radius 1 is 1.14 bits per heavy atom. The van der Waals surface area contributed by atoms with E-state index in [9.17, 15) is 8.42 Å². The molecular weight excluding hydrogens is 388 g/mol. The minimum atomic E-state index is -3.47. The van der Waals surface area contributed by atoms with Gasteiger partial charge in [-0.25, -0.2) is 18.1 Å². The summed E-state index contributed by atoms with van der Waals surface area (Å²) in [6.45, 7) is 7.65. The van der Waals surface area contributed by atoms with Crippen molar-refractivity contribution in [2.75, 3.05) is 20.1 Å². The highest BCUT2D eigenvalue weighted by Crippen LogP contribution is 2.17. The number of hydrogen-bond acceptors (Lipinski definition) is 4. The maximum Gasteiger partial charge on any atom is 0.240 e. The summed E-state index contributed by atoms with van der Waals surface area (Å²) in [6.07, 6.45) is -0.0518. The normalized spacial score (nSPS) is 13.0. The molecule has 0 bridgehead atoms. The van der Waals surface area contributed by atoms with Crippen molar-refractivity contribution in [3.63, 3.8) is 0 Å². The second kappa shape index (κ2) is 10.8. The van der Waals surface area contributed by atoms with E-state index in [1.165, 1.54) is 7.05 Å². The van der Waals surface area contributed by atoms with Gasteiger partial charge in [0, 0.05) is 6.54 Å². The molecule has 8 heteroatoms. The zero-order valence-electron chi connectivity index (χ0n) is 17.4. The fourth-order valence-electron chi connectivity index (χ4n) is 2.63. The van der Waals surface area contributed by atoms with Crippen LogP contribution in [0.2, 0.25) is 0 Å². The highest BCUT2D eigenvalue weighted by Gasteiger charge is 2.11. The second-order valence-electron chi connectivity index (χ2n) is 6.62. The van der Waals surface area contributed by atoms with Crippen molar-refractivity contribution in [1.82, 2.24) is 15.4 Å². The zero-order valence-corrected chi connectivity index (χ0v) is 18.2. The Labute approximate surface area is 173 Å². The van der Waals surface area contributed by atoms with Gasteiger partial charge in [0.15, 0.2) is 5.96 Å². The Balaban J connectivity index is 1.99. The molecule has 0 saturated heterocycles. The van der Waals surface area contributed by atoms with E-state index in [1.807, 2.05) is 51.1 Å². The smallest absolute Gasteiger partial charge is 0.240 e. The first-order valence-corrected chi connectivity index (χ1v) is 11.1. The van der Waals surface area contributed by atoms with Crippen LogP contribution in [0, 0.1) is 6.92 Å². The summed E-state index contributed by atoms with van der Waals surface area (Å²) in [5.41, 5.74) is 1.90. The van der Waals surface area contributed by atoms with Crippen molar-refractivity contribution in [3.05, 3.63) is 59.7 Å². The van der Waals surface area contributed by atoms with Gasteiger partial charge in [0.2, 0.25) is 10.0 Å². The number of ether oxygens (including phenoxy) is 1. The number of sulfonamides is 1. The van der Waals surface area contributed by atoms with Crippen molar-refractivity contribution in [2.24, 2.45) is 4.99 Å². The van der Waals surface area contributed by atoms with Crippen LogP contribution in [-0.2, 0) is 16.6 Å². The fourth-order valence-corrected chi connectivity index (χ4v) is 3.43. The van der Waals surface area contributed by atoms with Crippen LogP contribution in [-0.4, -0.2) is 40.6 Å². The summed E-state index contributed by atoms with van der Waals surface area (Å²) in [5, 5.41) is 6.46. The summed E-state index contributed by atoms with van der Waals surface area (Å²) < 4.78 is 32.2. The molecule has 0 aliphatic heterocycles. The Hall–Kier alpha value is -2.58. The first kappa shape index (κ1) is 22.7. The molecule has 0 fully saturated rings. The summed E-state index contributed by atoms with van der Waals surface area (Å²) >= 11 is 0. The van der Waals surface area contributed by atoms with Gasteiger partial charge in [0.05, 0.1) is 18.0 Å². The van der Waals surface area contributed by atoms with E-state index >= 15 is 0 Å². The van der Waals surface area contributed by atoms with Crippen LogP contribution in [0.5, 0.6) is 5.75 Å². The van der Waals surface area contributed by atoms with Gasteiger partial charge in [-0.05, 0) is 57.1 Å². The molecule has 7 nitrogen and oxygen atoms in total. The molecule has 3 N–H and O–H groups in total. The quantitative estimate of drug-likeness (QED) is 0.430. The van der Waals surface area contributed by atoms with Gasteiger partial charge in [-0.3, -0.25) is 0 Å². The minimum absolute atomic E-state index is 0.0518. The Bertz CT molecular complexity index is 929. The third-order valence-electron chi connectivity index (χ3n) is 4.22. The van der Waals surface area contributed by atoms with Crippen molar-refractivity contribution in [2.45, 2.75) is 38.3 Å². The molecule has 1 atom stereocenters. The monoisotopic (exact) mass is 418 g/mol. The average molecular weight is 419 g/mol. The Kier molecular flexibility index (Phi) is 8.48. The largest absolute Gasteiger partial charge is 0.489 e. The lowest BCUT2D eigenvalue weighted by molar-refractivity contribution is 0.222. The minimum Gasteiger partial charge on any atom is -0.489 e. The van der Waals surface area contributed by atoms with E-state index in [0.29, 0.717) is 25.6 Å². The van der Waals surface area contributed by atoms with Gasteiger partial charge in [-0.15, -0.1) is 0 Å². The molecule has 0 amide bonds. The molecular formula is C21H30N4O3S. The number of benzene rings is 2. The third-order valence-corrected chi connectivity index (χ3v) is 5.63. The number of guanidine groups is 1. The van der Waals surface area contributed by atoms with Crippen molar-refractivity contribution >= 4 is 16.0 Å². The van der Waals surface area contributed by atoms with E-state index in [-0.39, 0.29) is 11.0 Å². The summed E-state index contributed by atoms with van der Waals surface area (Å²) in [4.78, 5) is 4.78. The van der Waals surface area contributed by atoms with Gasteiger partial charge < -0.3 is 15.4 Å². The van der Waals surface area contributed by atoms with E-state index < -0.39 is 10.0 Å². The molecule has 0 saturated carbocycles. The first-order valence-electron chi connectivity index (χ1n) is 9.62. The molecule has 158 valence electrons. The van der Waals surface area contributed by atoms with Crippen LogP contribution < -0.4 is 20.1 Å². The second-order valence-corrected chi connectivity index (χ2v) is 8.51. The first-order chi connectivity index (χ1) is 13.9. The summed E-state index contributed by atoms with van der Waals surface area (Å²) in [7, 11) is -2.07. The topological polar surface area (TPSA) is 91.8 Å². The Morgan fingerprint density at radius 3 is 2.59 bits per heavy atom. The number of rotatable bonds is 9. The van der Waals surface area contributed by atoms with Crippen molar-refractivity contribution in [1.29, 1.82) is 0 Å². The predicted molar refractivity (Wildman–Crippen MR) is 117 cm³/mol. The van der Waals surface area contributed by atoms with E-state index in [0.717, 1.165) is 16.9 Å². The van der Waals surface area contributed by atoms with E-state index in [4.69, 9.17) is 4.74 Å². The number of nitrogens with zero attached hydrogens (tertiary/aromatic N) is 1. The predicted octanol–water partition coefficient (Wildman–Crippen LogP) is 2.43. The van der Waals surface area contributed by atoms with Gasteiger partial charge in [-0.1, -0.05) is 30.3 Å². The molecule has 2 aromatic carbocycles. The van der Waals surface area contributed by atoms with Crippen molar-refractivity contribution < 1.29 is 13.2 Å². The van der Waals surface area contributed by atoms with Gasteiger partial charge in [0.25, 0.3) is 0 Å². The molecule has 0 radical (unpaired) electrons. The molecule has 0 aliphatic carbocycles. The molecule has 1 unspecified atom stereocenters. The van der Waals surface area contributed by atoms with Gasteiger partial charge >= 0.3 is 0 Å². The lowest BCUT2D eigenvalue weighted by atomic mass is 10.2. The fraction of sp³-hybridized carbons (Fsp3) is 0.381. The zero-order chi connectivity index (χ0) is 21.3. The molecule has 0 spiro atoms. The molecule has 0 heterocycles. The van der Waals surface area contributed by atoms with E-state index in [2.05, 4.69) is 20.3 Å². The maximum atomic E-state index is 12.0. The molecule has 0 aromatic heterocycles. The number of nitrogens with one attached hydrogen (secondary N) is 3. The number of hydrogen-bond donors (Lipinski definition) is 3. The Morgan fingerprint density at radius 2 is 1.90 bits per heavy atom. The van der Waals surface area contributed by atoms with Crippen LogP contribution in [0.15, 0.2) is 58.4 Å². The molecule has 0 aliphatic rings. The van der Waals surface area contributed by atoms with E-state index in [1.54, 1.807) is 18.2 Å².